The highest BCUT2D eigenvalue weighted by molar-refractivity contribution is 5.77. The molecule has 3 saturated heterocycles. The molecule has 142 valence electrons. The highest BCUT2D eigenvalue weighted by Gasteiger charge is 2.30. The van der Waals surface area contributed by atoms with Gasteiger partial charge in [0.25, 0.3) is 5.91 Å². The molecule has 3 aliphatic heterocycles. The van der Waals surface area contributed by atoms with E-state index in [4.69, 9.17) is 9.47 Å². The van der Waals surface area contributed by atoms with E-state index in [1.807, 2.05) is 12.1 Å². The van der Waals surface area contributed by atoms with Crippen molar-refractivity contribution in [2.24, 2.45) is 0 Å². The molecule has 0 saturated carbocycles. The third-order valence-electron chi connectivity index (χ3n) is 5.73. The van der Waals surface area contributed by atoms with Gasteiger partial charge in [0.1, 0.15) is 5.75 Å². The fourth-order valence-electron chi connectivity index (χ4n) is 4.20. The van der Waals surface area contributed by atoms with Crippen LogP contribution >= 0.6 is 0 Å². The molecular formula is C20H29N3O3. The Morgan fingerprint density at radius 3 is 2.69 bits per heavy atom. The smallest absolute Gasteiger partial charge is 0.260 e. The Bertz CT molecular complexity index is 601. The molecule has 0 aromatic heterocycles. The Kier molecular flexibility index (Phi) is 5.72. The molecule has 4 rings (SSSR count). The Hall–Kier alpha value is -1.63. The molecule has 0 N–H and O–H groups in total. The van der Waals surface area contributed by atoms with Crippen LogP contribution in [0.2, 0.25) is 0 Å². The topological polar surface area (TPSA) is 45.2 Å². The molecule has 0 spiro atoms. The van der Waals surface area contributed by atoms with Crippen molar-refractivity contribution in [2.45, 2.75) is 25.4 Å². The maximum Gasteiger partial charge on any atom is 0.260 e. The summed E-state index contributed by atoms with van der Waals surface area (Å²) in [6.07, 6.45) is 2.70. The maximum atomic E-state index is 12.1. The molecule has 1 amide bonds. The molecule has 6 heteroatoms. The molecule has 1 aromatic rings. The summed E-state index contributed by atoms with van der Waals surface area (Å²) >= 11 is 0. The average molecular weight is 359 g/mol. The number of morpholine rings is 1. The number of hydrogen-bond acceptors (Lipinski definition) is 5. The van der Waals surface area contributed by atoms with Crippen molar-refractivity contribution in [3.05, 3.63) is 29.8 Å². The summed E-state index contributed by atoms with van der Waals surface area (Å²) in [5.41, 5.74) is 1.31. The predicted molar refractivity (Wildman–Crippen MR) is 99.2 cm³/mol. The molecule has 0 aliphatic carbocycles. The maximum absolute atomic E-state index is 12.1. The number of carbonyl (C=O) groups excluding carboxylic acids is 1. The van der Waals surface area contributed by atoms with Crippen LogP contribution in [0.1, 0.15) is 18.4 Å². The van der Waals surface area contributed by atoms with E-state index in [-0.39, 0.29) is 12.5 Å². The number of rotatable bonds is 5. The monoisotopic (exact) mass is 359 g/mol. The lowest BCUT2D eigenvalue weighted by Gasteiger charge is -2.37. The van der Waals surface area contributed by atoms with E-state index in [0.717, 1.165) is 24.9 Å². The van der Waals surface area contributed by atoms with Crippen LogP contribution in [0, 0.1) is 0 Å². The van der Waals surface area contributed by atoms with Gasteiger partial charge in [0, 0.05) is 45.3 Å². The van der Waals surface area contributed by atoms with Crippen molar-refractivity contribution in [1.82, 2.24) is 14.7 Å². The lowest BCUT2D eigenvalue weighted by Crippen LogP contribution is -2.49. The van der Waals surface area contributed by atoms with Crippen molar-refractivity contribution in [3.63, 3.8) is 0 Å². The number of fused-ring (bicyclic) bond motifs is 1. The van der Waals surface area contributed by atoms with Crippen molar-refractivity contribution in [1.29, 1.82) is 0 Å². The summed E-state index contributed by atoms with van der Waals surface area (Å²) in [5, 5.41) is 0. The summed E-state index contributed by atoms with van der Waals surface area (Å²) in [5.74, 6) is 0.794. The molecule has 3 aliphatic rings. The van der Waals surface area contributed by atoms with Gasteiger partial charge in [0.15, 0.2) is 6.61 Å². The van der Waals surface area contributed by atoms with Crippen LogP contribution in [-0.2, 0) is 16.1 Å². The van der Waals surface area contributed by atoms with Crippen LogP contribution in [0.5, 0.6) is 5.75 Å². The van der Waals surface area contributed by atoms with E-state index in [0.29, 0.717) is 26.3 Å². The van der Waals surface area contributed by atoms with E-state index in [2.05, 4.69) is 21.9 Å². The predicted octanol–water partition coefficient (Wildman–Crippen LogP) is 1.20. The van der Waals surface area contributed by atoms with Gasteiger partial charge < -0.3 is 14.4 Å². The summed E-state index contributed by atoms with van der Waals surface area (Å²) in [6, 6.07) is 8.96. The number of piperazine rings is 1. The number of amides is 1. The second-order valence-corrected chi connectivity index (χ2v) is 7.49. The highest BCUT2D eigenvalue weighted by Crippen LogP contribution is 2.23. The number of nitrogens with zero attached hydrogens (tertiary/aromatic N) is 3. The third kappa shape index (κ3) is 4.37. The van der Waals surface area contributed by atoms with E-state index < -0.39 is 0 Å². The summed E-state index contributed by atoms with van der Waals surface area (Å²) in [6.45, 7) is 8.49. The lowest BCUT2D eigenvalue weighted by atomic mass is 10.1. The van der Waals surface area contributed by atoms with Gasteiger partial charge in [0.2, 0.25) is 0 Å². The fourth-order valence-corrected chi connectivity index (χ4v) is 4.20. The molecule has 26 heavy (non-hydrogen) atoms. The zero-order chi connectivity index (χ0) is 17.8. The minimum Gasteiger partial charge on any atom is -0.484 e. The summed E-state index contributed by atoms with van der Waals surface area (Å²) in [4.78, 5) is 19.1. The molecule has 1 aromatic carbocycles. The van der Waals surface area contributed by atoms with Crippen LogP contribution in [0.4, 0.5) is 0 Å². The zero-order valence-electron chi connectivity index (χ0n) is 15.4. The average Bonchev–Trinajstić information content (AvgIpc) is 3.16. The van der Waals surface area contributed by atoms with Crippen LogP contribution in [0.3, 0.4) is 0 Å². The summed E-state index contributed by atoms with van der Waals surface area (Å²) < 4.78 is 10.9. The second-order valence-electron chi connectivity index (χ2n) is 7.49. The minimum absolute atomic E-state index is 0.0341. The Balaban J connectivity index is 1.23. The van der Waals surface area contributed by atoms with Gasteiger partial charge in [-0.2, -0.15) is 0 Å². The van der Waals surface area contributed by atoms with Crippen LogP contribution < -0.4 is 4.74 Å². The molecule has 0 radical (unpaired) electrons. The Labute approximate surface area is 155 Å². The minimum atomic E-state index is 0.0341. The van der Waals surface area contributed by atoms with E-state index in [1.54, 1.807) is 4.90 Å². The molecular weight excluding hydrogens is 330 g/mol. The highest BCUT2D eigenvalue weighted by atomic mass is 16.5. The van der Waals surface area contributed by atoms with Gasteiger partial charge in [0.05, 0.1) is 13.2 Å². The number of hydrogen-bond donors (Lipinski definition) is 0. The quantitative estimate of drug-likeness (QED) is 0.791. The first-order valence-electron chi connectivity index (χ1n) is 9.81. The van der Waals surface area contributed by atoms with E-state index >= 15 is 0 Å². The first kappa shape index (κ1) is 17.8. The first-order valence-corrected chi connectivity index (χ1v) is 9.81. The van der Waals surface area contributed by atoms with Gasteiger partial charge in [-0.25, -0.2) is 0 Å². The van der Waals surface area contributed by atoms with E-state index in [1.165, 1.54) is 38.0 Å². The SMILES string of the molecule is O=C(COc1ccc(CN2CCN3CCCC3C2)cc1)N1CCOCC1. The van der Waals surface area contributed by atoms with Crippen molar-refractivity contribution < 1.29 is 14.3 Å². The normalized spacial score (nSPS) is 24.5. The van der Waals surface area contributed by atoms with Gasteiger partial charge in [-0.05, 0) is 37.1 Å². The van der Waals surface area contributed by atoms with Crippen LogP contribution in [0.15, 0.2) is 24.3 Å². The zero-order valence-corrected chi connectivity index (χ0v) is 15.4. The molecule has 3 fully saturated rings. The summed E-state index contributed by atoms with van der Waals surface area (Å²) in [7, 11) is 0. The number of ether oxygens (including phenoxy) is 2. The second kappa shape index (κ2) is 8.37. The van der Waals surface area contributed by atoms with E-state index in [9.17, 15) is 4.79 Å². The van der Waals surface area contributed by atoms with Crippen LogP contribution in [-0.4, -0.2) is 85.7 Å². The van der Waals surface area contributed by atoms with Crippen molar-refractivity contribution in [2.75, 3.05) is 59.1 Å². The first-order chi connectivity index (χ1) is 12.8. The molecule has 1 unspecified atom stereocenters. The van der Waals surface area contributed by atoms with Crippen LogP contribution in [0.25, 0.3) is 0 Å². The van der Waals surface area contributed by atoms with Crippen molar-refractivity contribution in [3.8, 4) is 5.75 Å². The molecule has 1 atom stereocenters. The van der Waals surface area contributed by atoms with Gasteiger partial charge in [-0.15, -0.1) is 0 Å². The molecule has 3 heterocycles. The molecule has 0 bridgehead atoms. The largest absolute Gasteiger partial charge is 0.484 e. The fraction of sp³-hybridized carbons (Fsp3) is 0.650. The van der Waals surface area contributed by atoms with Crippen molar-refractivity contribution >= 4 is 5.91 Å². The molecule has 6 nitrogen and oxygen atoms in total. The lowest BCUT2D eigenvalue weighted by molar-refractivity contribution is -0.137. The van der Waals surface area contributed by atoms with Gasteiger partial charge >= 0.3 is 0 Å². The third-order valence-corrected chi connectivity index (χ3v) is 5.73. The van der Waals surface area contributed by atoms with Gasteiger partial charge in [-0.1, -0.05) is 12.1 Å². The number of carbonyl (C=O) groups is 1. The number of benzene rings is 1. The Morgan fingerprint density at radius 1 is 1.08 bits per heavy atom. The Morgan fingerprint density at radius 2 is 1.88 bits per heavy atom. The van der Waals surface area contributed by atoms with Gasteiger partial charge in [-0.3, -0.25) is 14.6 Å². The standard InChI is InChI=1S/C20H29N3O3/c24-20(23-10-12-25-13-11-23)16-26-19-5-3-17(4-6-19)14-21-8-9-22-7-1-2-18(22)15-21/h3-6,18H,1-2,7-16H2.